The van der Waals surface area contributed by atoms with Crippen LogP contribution >= 0.6 is 23.8 Å². The number of H-pyrrole nitrogens is 1. The second-order valence-corrected chi connectivity index (χ2v) is 3.53. The van der Waals surface area contributed by atoms with Crippen molar-refractivity contribution in [1.82, 2.24) is 9.55 Å². The second-order valence-electron chi connectivity index (χ2n) is 2.73. The van der Waals surface area contributed by atoms with Crippen LogP contribution in [0, 0.1) is 10.6 Å². The van der Waals surface area contributed by atoms with Gasteiger partial charge in [0.1, 0.15) is 5.82 Å². The van der Waals surface area contributed by atoms with E-state index in [-0.39, 0.29) is 5.02 Å². The largest absolute Gasteiger partial charge is 0.337 e. The Kier molecular flexibility index (Phi) is 2.39. The SMILES string of the molecule is Fc1cc(-n2cc[nH]c2=S)ccc1Cl. The van der Waals surface area contributed by atoms with Crippen molar-refractivity contribution >= 4 is 23.8 Å². The molecule has 0 saturated heterocycles. The molecular weight excluding hydrogens is 223 g/mol. The Bertz CT molecular complexity index is 518. The van der Waals surface area contributed by atoms with Gasteiger partial charge in [0.25, 0.3) is 0 Å². The molecule has 0 spiro atoms. The molecular formula is C9H6ClFN2S. The van der Waals surface area contributed by atoms with Crippen molar-refractivity contribution in [3.63, 3.8) is 0 Å². The Morgan fingerprint density at radius 3 is 2.79 bits per heavy atom. The van der Waals surface area contributed by atoms with Gasteiger partial charge in [-0.3, -0.25) is 4.57 Å². The van der Waals surface area contributed by atoms with Gasteiger partial charge in [0.15, 0.2) is 4.77 Å². The van der Waals surface area contributed by atoms with Crippen molar-refractivity contribution in [2.45, 2.75) is 0 Å². The Balaban J connectivity index is 2.59. The number of imidazole rings is 1. The molecule has 2 nitrogen and oxygen atoms in total. The summed E-state index contributed by atoms with van der Waals surface area (Å²) in [6, 6.07) is 4.54. The standard InChI is InChI=1S/C9H6ClFN2S/c10-7-2-1-6(5-8(7)11)13-4-3-12-9(13)14/h1-5H,(H,12,14). The normalized spacial score (nSPS) is 10.4. The van der Waals surface area contributed by atoms with Crippen LogP contribution in [0.25, 0.3) is 5.69 Å². The number of rotatable bonds is 1. The van der Waals surface area contributed by atoms with Gasteiger partial charge in [0.2, 0.25) is 0 Å². The highest BCUT2D eigenvalue weighted by Crippen LogP contribution is 2.18. The molecule has 0 amide bonds. The fourth-order valence-corrected chi connectivity index (χ4v) is 1.51. The van der Waals surface area contributed by atoms with Crippen LogP contribution in [0.3, 0.4) is 0 Å². The van der Waals surface area contributed by atoms with Gasteiger partial charge < -0.3 is 4.98 Å². The third-order valence-electron chi connectivity index (χ3n) is 1.83. The van der Waals surface area contributed by atoms with Crippen molar-refractivity contribution < 1.29 is 4.39 Å². The number of nitrogens with one attached hydrogen (secondary N) is 1. The number of halogens is 2. The van der Waals surface area contributed by atoms with Crippen molar-refractivity contribution in [1.29, 1.82) is 0 Å². The molecule has 0 atom stereocenters. The molecule has 1 N–H and O–H groups in total. The molecule has 0 aliphatic carbocycles. The molecule has 5 heteroatoms. The maximum atomic E-state index is 13.1. The van der Waals surface area contributed by atoms with Gasteiger partial charge in [0, 0.05) is 12.4 Å². The van der Waals surface area contributed by atoms with Gasteiger partial charge in [-0.15, -0.1) is 0 Å². The molecule has 0 aliphatic heterocycles. The van der Waals surface area contributed by atoms with Crippen LogP contribution in [0.4, 0.5) is 4.39 Å². The van der Waals surface area contributed by atoms with E-state index in [9.17, 15) is 4.39 Å². The van der Waals surface area contributed by atoms with Gasteiger partial charge in [-0.1, -0.05) is 11.6 Å². The lowest BCUT2D eigenvalue weighted by atomic mass is 10.3. The van der Waals surface area contributed by atoms with Gasteiger partial charge in [0.05, 0.1) is 10.7 Å². The Hall–Kier alpha value is -1.13. The lowest BCUT2D eigenvalue weighted by Crippen LogP contribution is -1.92. The van der Waals surface area contributed by atoms with E-state index in [1.54, 1.807) is 23.0 Å². The van der Waals surface area contributed by atoms with E-state index in [1.807, 2.05) is 0 Å². The van der Waals surface area contributed by atoms with Crippen LogP contribution in [-0.4, -0.2) is 9.55 Å². The molecule has 0 unspecified atom stereocenters. The first kappa shape index (κ1) is 9.43. The number of nitrogens with zero attached hydrogens (tertiary/aromatic N) is 1. The first-order valence-corrected chi connectivity index (χ1v) is 4.68. The highest BCUT2D eigenvalue weighted by molar-refractivity contribution is 7.71. The van der Waals surface area contributed by atoms with E-state index in [2.05, 4.69) is 4.98 Å². The van der Waals surface area contributed by atoms with Crippen molar-refractivity contribution in [2.75, 3.05) is 0 Å². The zero-order valence-electron chi connectivity index (χ0n) is 7.00. The van der Waals surface area contributed by atoms with E-state index < -0.39 is 5.82 Å². The summed E-state index contributed by atoms with van der Waals surface area (Å²) in [5.41, 5.74) is 0.651. The molecule has 1 aromatic heterocycles. The van der Waals surface area contributed by atoms with E-state index in [0.29, 0.717) is 10.5 Å². The Morgan fingerprint density at radius 2 is 2.21 bits per heavy atom. The number of aromatic amines is 1. The first-order valence-electron chi connectivity index (χ1n) is 3.90. The van der Waals surface area contributed by atoms with E-state index >= 15 is 0 Å². The van der Waals surface area contributed by atoms with Crippen LogP contribution < -0.4 is 0 Å². The summed E-state index contributed by atoms with van der Waals surface area (Å²) in [4.78, 5) is 2.82. The molecule has 2 rings (SSSR count). The third-order valence-corrected chi connectivity index (χ3v) is 2.45. The van der Waals surface area contributed by atoms with Crippen LogP contribution in [0.1, 0.15) is 0 Å². The number of hydrogen-bond donors (Lipinski definition) is 1. The highest BCUT2D eigenvalue weighted by atomic mass is 35.5. The quantitative estimate of drug-likeness (QED) is 0.743. The van der Waals surface area contributed by atoms with E-state index in [4.69, 9.17) is 23.8 Å². The van der Waals surface area contributed by atoms with Crippen LogP contribution in [0.5, 0.6) is 0 Å². The second kappa shape index (κ2) is 3.55. The first-order chi connectivity index (χ1) is 6.68. The maximum Gasteiger partial charge on any atom is 0.181 e. The lowest BCUT2D eigenvalue weighted by molar-refractivity contribution is 0.627. The third kappa shape index (κ3) is 1.58. The number of benzene rings is 1. The molecule has 0 saturated carbocycles. The summed E-state index contributed by atoms with van der Waals surface area (Å²) in [5.74, 6) is -0.452. The fraction of sp³-hybridized carbons (Fsp3) is 0. The van der Waals surface area contributed by atoms with Crippen molar-refractivity contribution in [3.8, 4) is 5.69 Å². The van der Waals surface area contributed by atoms with Gasteiger partial charge >= 0.3 is 0 Å². The summed E-state index contributed by atoms with van der Waals surface area (Å²) in [5, 5.41) is 0.107. The molecule has 14 heavy (non-hydrogen) atoms. The maximum absolute atomic E-state index is 13.1. The fourth-order valence-electron chi connectivity index (χ4n) is 1.16. The predicted octanol–water partition coefficient (Wildman–Crippen LogP) is 3.33. The summed E-state index contributed by atoms with van der Waals surface area (Å²) in [7, 11) is 0. The van der Waals surface area contributed by atoms with Gasteiger partial charge in [-0.25, -0.2) is 4.39 Å². The van der Waals surface area contributed by atoms with E-state index in [1.165, 1.54) is 12.1 Å². The topological polar surface area (TPSA) is 20.7 Å². The van der Waals surface area contributed by atoms with Crippen LogP contribution in [0.2, 0.25) is 5.02 Å². The smallest absolute Gasteiger partial charge is 0.181 e. The van der Waals surface area contributed by atoms with Gasteiger partial charge in [-0.2, -0.15) is 0 Å². The summed E-state index contributed by atoms with van der Waals surface area (Å²) in [6.45, 7) is 0. The summed E-state index contributed by atoms with van der Waals surface area (Å²) in [6.07, 6.45) is 3.42. The predicted molar refractivity (Wildman–Crippen MR) is 55.9 cm³/mol. The molecule has 1 aromatic carbocycles. The summed E-state index contributed by atoms with van der Waals surface area (Å²) < 4.78 is 15.3. The molecule has 0 aliphatic rings. The molecule has 0 fully saturated rings. The molecule has 72 valence electrons. The summed E-state index contributed by atoms with van der Waals surface area (Å²) >= 11 is 10.6. The number of hydrogen-bond acceptors (Lipinski definition) is 1. The highest BCUT2D eigenvalue weighted by Gasteiger charge is 2.02. The zero-order chi connectivity index (χ0) is 10.1. The average molecular weight is 229 g/mol. The Morgan fingerprint density at radius 1 is 1.43 bits per heavy atom. The average Bonchev–Trinajstić information content (AvgIpc) is 2.57. The molecule has 0 radical (unpaired) electrons. The molecule has 2 aromatic rings. The minimum absolute atomic E-state index is 0.107. The van der Waals surface area contributed by atoms with Crippen LogP contribution in [0.15, 0.2) is 30.6 Å². The minimum atomic E-state index is -0.452. The van der Waals surface area contributed by atoms with E-state index in [0.717, 1.165) is 0 Å². The van der Waals surface area contributed by atoms with Crippen molar-refractivity contribution in [3.05, 3.63) is 46.2 Å². The van der Waals surface area contributed by atoms with Crippen molar-refractivity contribution in [2.24, 2.45) is 0 Å². The Labute approximate surface area is 90.0 Å². The lowest BCUT2D eigenvalue weighted by Gasteiger charge is -2.02. The molecule has 0 bridgehead atoms. The minimum Gasteiger partial charge on any atom is -0.337 e. The van der Waals surface area contributed by atoms with Gasteiger partial charge in [-0.05, 0) is 30.4 Å². The monoisotopic (exact) mass is 228 g/mol. The zero-order valence-corrected chi connectivity index (χ0v) is 8.57. The molecule has 1 heterocycles. The van der Waals surface area contributed by atoms with Crippen LogP contribution in [-0.2, 0) is 0 Å². The number of aromatic nitrogens is 2.